The van der Waals surface area contributed by atoms with Crippen LogP contribution in [0, 0.1) is 13.8 Å². The zero-order chi connectivity index (χ0) is 27.6. The molecule has 3 aromatic rings. The number of hydrogen-bond acceptors (Lipinski definition) is 11. The third kappa shape index (κ3) is 8.56. The highest BCUT2D eigenvalue weighted by Crippen LogP contribution is 2.28. The highest BCUT2D eigenvalue weighted by molar-refractivity contribution is 7.17. The summed E-state index contributed by atoms with van der Waals surface area (Å²) in [6, 6.07) is 7.41. The van der Waals surface area contributed by atoms with Crippen LogP contribution in [0.3, 0.4) is 0 Å². The van der Waals surface area contributed by atoms with E-state index in [1.165, 1.54) is 11.3 Å². The smallest absolute Gasteiger partial charge is 0.267 e. The van der Waals surface area contributed by atoms with Crippen LogP contribution in [0.4, 0.5) is 22.5 Å². The Labute approximate surface area is 237 Å². The quantitative estimate of drug-likeness (QED) is 0.261. The summed E-state index contributed by atoms with van der Waals surface area (Å²) in [6.45, 7) is 11.2. The Morgan fingerprint density at radius 3 is 2.62 bits per heavy atom. The molecule has 0 radical (unpaired) electrons. The largest absolute Gasteiger partial charge is 0.378 e. The number of aromatic nitrogens is 3. The van der Waals surface area contributed by atoms with E-state index in [4.69, 9.17) is 26.8 Å². The average Bonchev–Trinajstić information content (AvgIpc) is 3.39. The highest BCUT2D eigenvalue weighted by atomic mass is 35.5. The summed E-state index contributed by atoms with van der Waals surface area (Å²) in [6.07, 6.45) is 1.54. The van der Waals surface area contributed by atoms with Crippen molar-refractivity contribution in [1.29, 1.82) is 0 Å². The second kappa shape index (κ2) is 14.5. The van der Waals surface area contributed by atoms with Crippen LogP contribution in [-0.4, -0.2) is 91.5 Å². The van der Waals surface area contributed by atoms with Crippen molar-refractivity contribution in [3.8, 4) is 0 Å². The van der Waals surface area contributed by atoms with Gasteiger partial charge in [0.1, 0.15) is 22.3 Å². The minimum atomic E-state index is -0.264. The molecule has 0 spiro atoms. The zero-order valence-corrected chi connectivity index (χ0v) is 23.9. The molecule has 1 aromatic carbocycles. The summed E-state index contributed by atoms with van der Waals surface area (Å²) < 4.78 is 11.0. The van der Waals surface area contributed by atoms with Crippen molar-refractivity contribution in [2.75, 3.05) is 81.2 Å². The van der Waals surface area contributed by atoms with Gasteiger partial charge < -0.3 is 30.7 Å². The number of aryl methyl sites for hydroxylation is 2. The molecule has 3 heterocycles. The number of hydrogen-bond donors (Lipinski definition) is 3. The minimum Gasteiger partial charge on any atom is -0.378 e. The number of para-hydroxylation sites is 1. The van der Waals surface area contributed by atoms with Gasteiger partial charge >= 0.3 is 0 Å². The second-order valence-corrected chi connectivity index (χ2v) is 10.5. The Kier molecular flexibility index (Phi) is 10.8. The lowest BCUT2D eigenvalue weighted by Gasteiger charge is -2.35. The topological polar surface area (TPSA) is 131 Å². The van der Waals surface area contributed by atoms with Gasteiger partial charge in [0, 0.05) is 45.3 Å². The van der Waals surface area contributed by atoms with Crippen LogP contribution in [-0.2, 0) is 9.47 Å². The summed E-state index contributed by atoms with van der Waals surface area (Å²) in [4.78, 5) is 31.4. The van der Waals surface area contributed by atoms with Crippen molar-refractivity contribution < 1.29 is 14.3 Å². The highest BCUT2D eigenvalue weighted by Gasteiger charge is 2.20. The van der Waals surface area contributed by atoms with Crippen LogP contribution in [0.5, 0.6) is 0 Å². The fourth-order valence-corrected chi connectivity index (χ4v) is 5.08. The maximum absolute atomic E-state index is 12.8. The Morgan fingerprint density at radius 1 is 1.10 bits per heavy atom. The lowest BCUT2D eigenvalue weighted by atomic mass is 10.2. The Balaban J connectivity index is 1.28. The molecular formula is C26H35ClN8O3S. The summed E-state index contributed by atoms with van der Waals surface area (Å²) in [5.74, 6) is 1.89. The molecule has 11 nitrogen and oxygen atoms in total. The van der Waals surface area contributed by atoms with Gasteiger partial charge in [-0.2, -0.15) is 0 Å². The van der Waals surface area contributed by atoms with Gasteiger partial charge in [-0.05, 0) is 25.5 Å². The van der Waals surface area contributed by atoms with Crippen molar-refractivity contribution in [3.63, 3.8) is 0 Å². The maximum Gasteiger partial charge on any atom is 0.267 e. The monoisotopic (exact) mass is 574 g/mol. The summed E-state index contributed by atoms with van der Waals surface area (Å²) in [5, 5.41) is 7.17. The van der Waals surface area contributed by atoms with Gasteiger partial charge in [-0.15, -0.1) is 0 Å². The lowest BCUT2D eigenvalue weighted by molar-refractivity contribution is 0.0405. The Hall–Kier alpha value is -2.87. The second-order valence-electron chi connectivity index (χ2n) is 9.04. The molecule has 39 heavy (non-hydrogen) atoms. The Bertz CT molecular complexity index is 1220. The number of nitrogens with two attached hydrogens (primary N) is 1. The lowest BCUT2D eigenvalue weighted by Crippen LogP contribution is -2.47. The molecule has 0 unspecified atom stereocenters. The molecule has 4 rings (SSSR count). The number of nitrogens with zero attached hydrogens (tertiary/aromatic N) is 5. The van der Waals surface area contributed by atoms with E-state index in [0.29, 0.717) is 65.3 Å². The molecule has 0 bridgehead atoms. The van der Waals surface area contributed by atoms with Gasteiger partial charge in [-0.3, -0.25) is 9.69 Å². The van der Waals surface area contributed by atoms with Crippen LogP contribution in [0.25, 0.3) is 0 Å². The fourth-order valence-electron chi connectivity index (χ4n) is 4.09. The van der Waals surface area contributed by atoms with Crippen molar-refractivity contribution in [1.82, 2.24) is 19.9 Å². The van der Waals surface area contributed by atoms with Crippen LogP contribution in [0.15, 0.2) is 30.5 Å². The van der Waals surface area contributed by atoms with Crippen LogP contribution < -0.4 is 21.3 Å². The molecular weight excluding hydrogens is 540 g/mol. The van der Waals surface area contributed by atoms with Gasteiger partial charge in [0.05, 0.1) is 43.3 Å². The number of thiazole rings is 1. The summed E-state index contributed by atoms with van der Waals surface area (Å²) in [5.41, 5.74) is 6.89. The van der Waals surface area contributed by atoms with E-state index in [1.807, 2.05) is 32.0 Å². The number of rotatable bonds is 13. The molecule has 1 aliphatic heterocycles. The Morgan fingerprint density at radius 2 is 1.87 bits per heavy atom. The van der Waals surface area contributed by atoms with Gasteiger partial charge in [0.15, 0.2) is 5.13 Å². The number of carbonyl (C=O) groups is 1. The first-order chi connectivity index (χ1) is 18.9. The van der Waals surface area contributed by atoms with Gasteiger partial charge in [-0.25, -0.2) is 15.0 Å². The number of carbonyl (C=O) groups excluding carboxylic acids is 1. The first kappa shape index (κ1) is 29.1. The number of nitrogens with one attached hydrogen (secondary N) is 2. The molecule has 0 atom stereocenters. The number of ether oxygens (including phenoxy) is 2. The molecule has 1 saturated heterocycles. The molecule has 210 valence electrons. The molecule has 2 aromatic heterocycles. The number of benzene rings is 1. The van der Waals surface area contributed by atoms with Gasteiger partial charge in [-0.1, -0.05) is 35.1 Å². The van der Waals surface area contributed by atoms with Crippen LogP contribution in [0.2, 0.25) is 5.02 Å². The van der Waals surface area contributed by atoms with Crippen molar-refractivity contribution in [2.24, 2.45) is 5.73 Å². The molecule has 4 N–H and O–H groups in total. The average molecular weight is 575 g/mol. The number of anilines is 4. The predicted molar refractivity (Wildman–Crippen MR) is 156 cm³/mol. The van der Waals surface area contributed by atoms with E-state index in [-0.39, 0.29) is 5.91 Å². The number of halogens is 1. The number of piperazine rings is 1. The van der Waals surface area contributed by atoms with E-state index < -0.39 is 0 Å². The van der Waals surface area contributed by atoms with Crippen LogP contribution in [0.1, 0.15) is 21.1 Å². The van der Waals surface area contributed by atoms with Gasteiger partial charge in [0.25, 0.3) is 5.91 Å². The number of amides is 1. The first-order valence-electron chi connectivity index (χ1n) is 12.9. The SMILES string of the molecule is Cc1nc(Nc2ncc(C(=O)Nc3c(C)cccc3Cl)s2)cc(N2CCN(CCOCCOCCN)CC2)n1. The van der Waals surface area contributed by atoms with Crippen molar-refractivity contribution in [3.05, 3.63) is 51.7 Å². The molecule has 0 saturated carbocycles. The summed E-state index contributed by atoms with van der Waals surface area (Å²) in [7, 11) is 0. The molecule has 13 heteroatoms. The van der Waals surface area contributed by atoms with Gasteiger partial charge in [0.2, 0.25) is 0 Å². The minimum absolute atomic E-state index is 0.264. The fraction of sp³-hybridized carbons (Fsp3) is 0.462. The standard InChI is InChI=1S/C26H35ClN8O3S/c1-18-4-3-5-20(27)24(18)33-25(36)21-17-29-26(39-21)32-22-16-23(31-19(2)30-22)35-9-7-34(8-10-35)11-13-38-15-14-37-12-6-28/h3-5,16-17H,6-15,28H2,1-2H3,(H,33,36)(H,29,30,31,32). The molecule has 1 fully saturated rings. The third-order valence-corrected chi connectivity index (χ3v) is 7.36. The van der Waals surface area contributed by atoms with Crippen molar-refractivity contribution >= 4 is 51.3 Å². The zero-order valence-electron chi connectivity index (χ0n) is 22.3. The normalized spacial score (nSPS) is 14.0. The molecule has 1 aliphatic rings. The van der Waals surface area contributed by atoms with E-state index in [1.54, 1.807) is 12.3 Å². The molecule has 1 amide bonds. The van der Waals surface area contributed by atoms with E-state index in [2.05, 4.69) is 35.4 Å². The molecule has 0 aliphatic carbocycles. The van der Waals surface area contributed by atoms with E-state index >= 15 is 0 Å². The predicted octanol–water partition coefficient (Wildman–Crippen LogP) is 3.31. The van der Waals surface area contributed by atoms with Crippen LogP contribution >= 0.6 is 22.9 Å². The summed E-state index contributed by atoms with van der Waals surface area (Å²) >= 11 is 7.50. The van der Waals surface area contributed by atoms with E-state index in [9.17, 15) is 4.79 Å². The first-order valence-corrected chi connectivity index (χ1v) is 14.1. The third-order valence-electron chi connectivity index (χ3n) is 6.13. The van der Waals surface area contributed by atoms with E-state index in [0.717, 1.165) is 44.1 Å². The van der Waals surface area contributed by atoms with Crippen molar-refractivity contribution in [2.45, 2.75) is 13.8 Å². The maximum atomic E-state index is 12.8.